The highest BCUT2D eigenvalue weighted by Gasteiger charge is 2.17. The van der Waals surface area contributed by atoms with E-state index in [1.807, 2.05) is 36.4 Å². The smallest absolute Gasteiger partial charge is 0.319 e. The van der Waals surface area contributed by atoms with E-state index in [2.05, 4.69) is 64.9 Å². The Morgan fingerprint density at radius 1 is 0.971 bits per heavy atom. The Balaban J connectivity index is 1.38. The van der Waals surface area contributed by atoms with Crippen molar-refractivity contribution in [3.8, 4) is 11.3 Å². The summed E-state index contributed by atoms with van der Waals surface area (Å²) >= 11 is 0. The van der Waals surface area contributed by atoms with Crippen LogP contribution in [0.15, 0.2) is 78.9 Å². The number of urea groups is 1. The molecule has 0 radical (unpaired) electrons. The highest BCUT2D eigenvalue weighted by Crippen LogP contribution is 2.33. The van der Waals surface area contributed by atoms with Gasteiger partial charge in [-0.25, -0.2) is 9.78 Å². The molecule has 0 bridgehead atoms. The fourth-order valence-corrected chi connectivity index (χ4v) is 4.36. The highest BCUT2D eigenvalue weighted by atomic mass is 16.5. The minimum absolute atomic E-state index is 0.211. The molecule has 1 aromatic heterocycles. The van der Waals surface area contributed by atoms with Gasteiger partial charge in [0.05, 0.1) is 24.4 Å². The Kier molecular flexibility index (Phi) is 6.91. The van der Waals surface area contributed by atoms with Gasteiger partial charge >= 0.3 is 6.03 Å². The summed E-state index contributed by atoms with van der Waals surface area (Å²) < 4.78 is 5.58. The lowest BCUT2D eigenvalue weighted by atomic mass is 10.0. The van der Waals surface area contributed by atoms with Crippen LogP contribution in [0.2, 0.25) is 0 Å². The average Bonchev–Trinajstić information content (AvgIpc) is 2.90. The minimum atomic E-state index is -0.211. The molecule has 3 aromatic carbocycles. The molecule has 2 N–H and O–H groups in total. The van der Waals surface area contributed by atoms with Gasteiger partial charge in [-0.1, -0.05) is 60.2 Å². The second-order valence-electron chi connectivity index (χ2n) is 8.84. The quantitative estimate of drug-likeness (QED) is 0.399. The van der Waals surface area contributed by atoms with Crippen molar-refractivity contribution < 1.29 is 9.53 Å². The number of aromatic nitrogens is 1. The molecule has 6 nitrogen and oxygen atoms in total. The molecule has 2 heterocycles. The molecular formula is C29H30N4O2. The zero-order valence-electron chi connectivity index (χ0n) is 20.0. The third-order valence-corrected chi connectivity index (χ3v) is 6.29. The number of ether oxygens (including phenoxy) is 1. The van der Waals surface area contributed by atoms with Gasteiger partial charge < -0.3 is 20.3 Å². The van der Waals surface area contributed by atoms with E-state index < -0.39 is 0 Å². The van der Waals surface area contributed by atoms with Crippen molar-refractivity contribution in [3.05, 3.63) is 90.0 Å². The summed E-state index contributed by atoms with van der Waals surface area (Å²) in [6.45, 7) is 5.71. The summed E-state index contributed by atoms with van der Waals surface area (Å²) in [4.78, 5) is 19.8. The first-order valence-electron chi connectivity index (χ1n) is 12.1. The summed E-state index contributed by atoms with van der Waals surface area (Å²) in [6, 6.07) is 26.4. The van der Waals surface area contributed by atoms with E-state index in [4.69, 9.17) is 9.72 Å². The molecule has 4 aromatic rings. The molecule has 1 aliphatic rings. The maximum absolute atomic E-state index is 12.5. The molecule has 1 saturated heterocycles. The van der Waals surface area contributed by atoms with Crippen LogP contribution >= 0.6 is 0 Å². The minimum Gasteiger partial charge on any atom is -0.378 e. The Labute approximate surface area is 205 Å². The van der Waals surface area contributed by atoms with E-state index in [0.717, 1.165) is 53.0 Å². The van der Waals surface area contributed by atoms with Crippen LogP contribution in [0.5, 0.6) is 0 Å². The number of anilines is 2. The number of nitrogens with one attached hydrogen (secondary N) is 2. The lowest BCUT2D eigenvalue weighted by molar-refractivity contribution is 0.123. The van der Waals surface area contributed by atoms with Crippen LogP contribution in [-0.4, -0.2) is 43.9 Å². The van der Waals surface area contributed by atoms with Gasteiger partial charge in [0.25, 0.3) is 0 Å². The average molecular weight is 467 g/mol. The first kappa shape index (κ1) is 22.9. The van der Waals surface area contributed by atoms with Crippen LogP contribution in [0.25, 0.3) is 22.2 Å². The van der Waals surface area contributed by atoms with Crippen molar-refractivity contribution >= 4 is 28.3 Å². The summed E-state index contributed by atoms with van der Waals surface area (Å²) in [5, 5.41) is 6.95. The zero-order valence-corrected chi connectivity index (χ0v) is 20.0. The van der Waals surface area contributed by atoms with Crippen molar-refractivity contribution in [2.75, 3.05) is 43.1 Å². The molecule has 0 aliphatic carbocycles. The molecule has 0 saturated carbocycles. The van der Waals surface area contributed by atoms with E-state index >= 15 is 0 Å². The largest absolute Gasteiger partial charge is 0.378 e. The van der Waals surface area contributed by atoms with E-state index in [1.165, 1.54) is 11.1 Å². The molecule has 1 aliphatic heterocycles. The van der Waals surface area contributed by atoms with Gasteiger partial charge in [0, 0.05) is 42.0 Å². The number of amides is 2. The molecule has 1 fully saturated rings. The van der Waals surface area contributed by atoms with Crippen molar-refractivity contribution in [2.24, 2.45) is 0 Å². The Morgan fingerprint density at radius 3 is 2.51 bits per heavy atom. The number of carbonyl (C=O) groups is 1. The predicted molar refractivity (Wildman–Crippen MR) is 142 cm³/mol. The third kappa shape index (κ3) is 5.61. The van der Waals surface area contributed by atoms with E-state index in [-0.39, 0.29) is 6.03 Å². The van der Waals surface area contributed by atoms with Crippen LogP contribution in [0, 0.1) is 6.92 Å². The number of carbonyl (C=O) groups excluding carboxylic acids is 1. The van der Waals surface area contributed by atoms with E-state index in [9.17, 15) is 4.79 Å². The molecule has 35 heavy (non-hydrogen) atoms. The highest BCUT2D eigenvalue weighted by molar-refractivity contribution is 5.99. The van der Waals surface area contributed by atoms with Crippen LogP contribution in [-0.2, 0) is 11.2 Å². The number of benzene rings is 3. The van der Waals surface area contributed by atoms with Crippen LogP contribution in [0.4, 0.5) is 16.2 Å². The second kappa shape index (κ2) is 10.6. The van der Waals surface area contributed by atoms with Gasteiger partial charge in [0.1, 0.15) is 0 Å². The number of fused-ring (bicyclic) bond motifs is 1. The number of aryl methyl sites for hydroxylation is 1. The third-order valence-electron chi connectivity index (χ3n) is 6.29. The Hall–Kier alpha value is -3.90. The lowest BCUT2D eigenvalue weighted by Crippen LogP contribution is -2.36. The summed E-state index contributed by atoms with van der Waals surface area (Å²) in [5.41, 5.74) is 7.21. The molecule has 178 valence electrons. The summed E-state index contributed by atoms with van der Waals surface area (Å²) in [6.07, 6.45) is 0.791. The molecular weight excluding hydrogens is 436 g/mol. The van der Waals surface area contributed by atoms with Crippen molar-refractivity contribution in [2.45, 2.75) is 13.3 Å². The van der Waals surface area contributed by atoms with Crippen molar-refractivity contribution in [1.82, 2.24) is 10.3 Å². The predicted octanol–water partition coefficient (Wildman–Crippen LogP) is 5.41. The number of rotatable bonds is 6. The van der Waals surface area contributed by atoms with Gasteiger partial charge in [-0.05, 0) is 43.2 Å². The van der Waals surface area contributed by atoms with Gasteiger partial charge in [0.2, 0.25) is 0 Å². The zero-order chi connectivity index (χ0) is 24.0. The van der Waals surface area contributed by atoms with Crippen LogP contribution < -0.4 is 15.5 Å². The number of hydrogen-bond donors (Lipinski definition) is 2. The van der Waals surface area contributed by atoms with Gasteiger partial charge in [-0.15, -0.1) is 0 Å². The van der Waals surface area contributed by atoms with E-state index in [1.54, 1.807) is 0 Å². The van der Waals surface area contributed by atoms with Crippen LogP contribution in [0.3, 0.4) is 0 Å². The number of hydrogen-bond acceptors (Lipinski definition) is 4. The first-order valence-corrected chi connectivity index (χ1v) is 12.1. The molecule has 0 atom stereocenters. The second-order valence-corrected chi connectivity index (χ2v) is 8.84. The maximum Gasteiger partial charge on any atom is 0.319 e. The van der Waals surface area contributed by atoms with Gasteiger partial charge in [0.15, 0.2) is 0 Å². The summed E-state index contributed by atoms with van der Waals surface area (Å²) in [7, 11) is 0. The number of nitrogens with zero attached hydrogens (tertiary/aromatic N) is 2. The Bertz CT molecular complexity index is 1300. The van der Waals surface area contributed by atoms with Crippen molar-refractivity contribution in [3.63, 3.8) is 0 Å². The molecule has 5 rings (SSSR count). The van der Waals surface area contributed by atoms with Crippen molar-refractivity contribution in [1.29, 1.82) is 0 Å². The fraction of sp³-hybridized carbons (Fsp3) is 0.241. The summed E-state index contributed by atoms with van der Waals surface area (Å²) in [5.74, 6) is 0. The van der Waals surface area contributed by atoms with Crippen LogP contribution in [0.1, 0.15) is 11.1 Å². The monoisotopic (exact) mass is 466 g/mol. The van der Waals surface area contributed by atoms with E-state index in [0.29, 0.717) is 19.8 Å². The maximum atomic E-state index is 12.5. The topological polar surface area (TPSA) is 66.5 Å². The number of pyridine rings is 1. The number of morpholine rings is 1. The standard InChI is InChI=1S/C29H30N4O2/c1-21-7-9-23(10-8-21)27-20-28(33-15-17-35-18-16-33)25-19-24(11-12-26(25)32-27)31-29(34)30-14-13-22-5-3-2-4-6-22/h2-12,19-20H,13-18H2,1H3,(H2,30,31,34). The molecule has 6 heteroatoms. The normalized spacial score (nSPS) is 13.6. The fourth-order valence-electron chi connectivity index (χ4n) is 4.36. The first-order chi connectivity index (χ1) is 17.2. The SMILES string of the molecule is Cc1ccc(-c2cc(N3CCOCC3)c3cc(NC(=O)NCCc4ccccc4)ccc3n2)cc1. The van der Waals surface area contributed by atoms with Gasteiger partial charge in [-0.2, -0.15) is 0 Å². The lowest BCUT2D eigenvalue weighted by Gasteiger charge is -2.30. The molecule has 0 unspecified atom stereocenters. The molecule has 0 spiro atoms. The Morgan fingerprint density at radius 2 is 1.74 bits per heavy atom. The van der Waals surface area contributed by atoms with Gasteiger partial charge in [-0.3, -0.25) is 0 Å². The molecule has 2 amide bonds.